The van der Waals surface area contributed by atoms with Crippen molar-refractivity contribution in [1.82, 2.24) is 10.2 Å². The van der Waals surface area contributed by atoms with Crippen LogP contribution >= 0.6 is 0 Å². The van der Waals surface area contributed by atoms with Crippen LogP contribution in [0, 0.1) is 24.0 Å². The van der Waals surface area contributed by atoms with E-state index in [0.717, 1.165) is 11.3 Å². The highest BCUT2D eigenvalue weighted by molar-refractivity contribution is 5.55. The molecule has 0 aliphatic rings. The molecule has 0 spiro atoms. The van der Waals surface area contributed by atoms with Gasteiger partial charge < -0.3 is 9.15 Å². The SMILES string of the molecule is Cc1ccc(OCc2nnc(-c3ccc([N+](=O)[O-])cc3)o2)cc1C. The van der Waals surface area contributed by atoms with E-state index in [1.54, 1.807) is 12.1 Å². The van der Waals surface area contributed by atoms with Crippen molar-refractivity contribution in [3.8, 4) is 17.2 Å². The number of nitrogens with zero attached hydrogens (tertiary/aromatic N) is 3. The van der Waals surface area contributed by atoms with Crippen LogP contribution in [0.1, 0.15) is 17.0 Å². The average molecular weight is 325 g/mol. The first-order chi connectivity index (χ1) is 11.5. The van der Waals surface area contributed by atoms with E-state index in [0.29, 0.717) is 17.3 Å². The zero-order chi connectivity index (χ0) is 17.1. The second-order valence-corrected chi connectivity index (χ2v) is 5.34. The van der Waals surface area contributed by atoms with Crippen LogP contribution in [0.5, 0.6) is 5.75 Å². The summed E-state index contributed by atoms with van der Waals surface area (Å²) in [6.45, 7) is 4.21. The highest BCUT2D eigenvalue weighted by Crippen LogP contribution is 2.22. The van der Waals surface area contributed by atoms with Crippen LogP contribution in [-0.4, -0.2) is 15.1 Å². The van der Waals surface area contributed by atoms with Crippen molar-refractivity contribution in [1.29, 1.82) is 0 Å². The van der Waals surface area contributed by atoms with E-state index >= 15 is 0 Å². The zero-order valence-electron chi connectivity index (χ0n) is 13.2. The highest BCUT2D eigenvalue weighted by atomic mass is 16.6. The molecule has 0 aliphatic heterocycles. The summed E-state index contributed by atoms with van der Waals surface area (Å²) in [5.74, 6) is 1.36. The predicted octanol–water partition coefficient (Wildman–Crippen LogP) is 3.84. The van der Waals surface area contributed by atoms with E-state index in [2.05, 4.69) is 10.2 Å². The molecule has 7 heteroatoms. The summed E-state index contributed by atoms with van der Waals surface area (Å²) < 4.78 is 11.2. The molecule has 0 fully saturated rings. The first-order valence-electron chi connectivity index (χ1n) is 7.30. The van der Waals surface area contributed by atoms with Gasteiger partial charge in [-0.1, -0.05) is 6.07 Å². The van der Waals surface area contributed by atoms with Crippen molar-refractivity contribution in [2.45, 2.75) is 20.5 Å². The number of hydrogen-bond acceptors (Lipinski definition) is 6. The number of aryl methyl sites for hydroxylation is 2. The fourth-order valence-corrected chi connectivity index (χ4v) is 2.10. The Hall–Kier alpha value is -3.22. The molecule has 0 saturated heterocycles. The smallest absolute Gasteiger partial charge is 0.269 e. The summed E-state index contributed by atoms with van der Waals surface area (Å²) in [5, 5.41) is 18.5. The summed E-state index contributed by atoms with van der Waals surface area (Å²) in [4.78, 5) is 10.2. The number of nitro groups is 1. The maximum Gasteiger partial charge on any atom is 0.269 e. The number of rotatable bonds is 5. The second kappa shape index (κ2) is 6.49. The van der Waals surface area contributed by atoms with Gasteiger partial charge in [-0.3, -0.25) is 10.1 Å². The topological polar surface area (TPSA) is 91.3 Å². The van der Waals surface area contributed by atoms with Crippen LogP contribution in [0.4, 0.5) is 5.69 Å². The second-order valence-electron chi connectivity index (χ2n) is 5.34. The Morgan fingerprint density at radius 3 is 2.50 bits per heavy atom. The summed E-state index contributed by atoms with van der Waals surface area (Å²) in [7, 11) is 0. The van der Waals surface area contributed by atoms with Gasteiger partial charge in [0.2, 0.25) is 5.89 Å². The predicted molar refractivity (Wildman–Crippen MR) is 86.6 cm³/mol. The molecule has 0 aliphatic carbocycles. The van der Waals surface area contributed by atoms with Gasteiger partial charge in [0.1, 0.15) is 5.75 Å². The van der Waals surface area contributed by atoms with E-state index in [4.69, 9.17) is 9.15 Å². The van der Waals surface area contributed by atoms with Crippen molar-refractivity contribution >= 4 is 5.69 Å². The van der Waals surface area contributed by atoms with Gasteiger partial charge in [-0.05, 0) is 49.2 Å². The van der Waals surface area contributed by atoms with Crippen LogP contribution in [0.15, 0.2) is 46.9 Å². The third-order valence-corrected chi connectivity index (χ3v) is 3.63. The molecule has 1 aromatic heterocycles. The molecule has 7 nitrogen and oxygen atoms in total. The van der Waals surface area contributed by atoms with Gasteiger partial charge in [0.25, 0.3) is 11.6 Å². The lowest BCUT2D eigenvalue weighted by atomic mass is 10.1. The Morgan fingerprint density at radius 1 is 1.08 bits per heavy atom. The normalized spacial score (nSPS) is 10.6. The van der Waals surface area contributed by atoms with Gasteiger partial charge in [-0.15, -0.1) is 10.2 Å². The maximum atomic E-state index is 10.7. The third-order valence-electron chi connectivity index (χ3n) is 3.63. The molecule has 24 heavy (non-hydrogen) atoms. The first kappa shape index (κ1) is 15.7. The minimum Gasteiger partial charge on any atom is -0.484 e. The summed E-state index contributed by atoms with van der Waals surface area (Å²) in [5.41, 5.74) is 2.97. The van der Waals surface area contributed by atoms with Crippen LogP contribution in [-0.2, 0) is 6.61 Å². The number of hydrogen-bond donors (Lipinski definition) is 0. The summed E-state index contributed by atoms with van der Waals surface area (Å²) in [6, 6.07) is 11.7. The molecule has 0 bridgehead atoms. The summed E-state index contributed by atoms with van der Waals surface area (Å²) in [6.07, 6.45) is 0. The number of benzene rings is 2. The van der Waals surface area contributed by atoms with Crippen LogP contribution in [0.3, 0.4) is 0 Å². The van der Waals surface area contributed by atoms with E-state index in [1.807, 2.05) is 32.0 Å². The van der Waals surface area contributed by atoms with E-state index < -0.39 is 4.92 Å². The molecule has 3 aromatic rings. The lowest BCUT2D eigenvalue weighted by molar-refractivity contribution is -0.384. The Kier molecular flexibility index (Phi) is 4.24. The van der Waals surface area contributed by atoms with Gasteiger partial charge in [-0.2, -0.15) is 0 Å². The van der Waals surface area contributed by atoms with Crippen LogP contribution in [0.2, 0.25) is 0 Å². The van der Waals surface area contributed by atoms with Crippen molar-refractivity contribution in [2.24, 2.45) is 0 Å². The van der Waals surface area contributed by atoms with Crippen LogP contribution < -0.4 is 4.74 Å². The minimum absolute atomic E-state index is 0.0107. The Labute approximate surface area is 138 Å². The monoisotopic (exact) mass is 325 g/mol. The molecule has 1 heterocycles. The van der Waals surface area contributed by atoms with Gasteiger partial charge in [0.15, 0.2) is 6.61 Å². The largest absolute Gasteiger partial charge is 0.484 e. The van der Waals surface area contributed by atoms with Gasteiger partial charge >= 0.3 is 0 Å². The number of non-ortho nitro benzene ring substituents is 1. The van der Waals surface area contributed by atoms with Crippen molar-refractivity contribution in [3.05, 3.63) is 69.6 Å². The van der Waals surface area contributed by atoms with Gasteiger partial charge in [0, 0.05) is 17.7 Å². The Bertz CT molecular complexity index is 872. The molecular formula is C17H15N3O4. The highest BCUT2D eigenvalue weighted by Gasteiger charge is 2.11. The molecule has 122 valence electrons. The molecule has 2 aromatic carbocycles. The zero-order valence-corrected chi connectivity index (χ0v) is 13.2. The average Bonchev–Trinajstić information content (AvgIpc) is 3.05. The molecule has 0 atom stereocenters. The van der Waals surface area contributed by atoms with E-state index in [9.17, 15) is 10.1 Å². The maximum absolute atomic E-state index is 10.7. The van der Waals surface area contributed by atoms with Gasteiger partial charge in [0.05, 0.1) is 4.92 Å². The Balaban J connectivity index is 1.68. The van der Waals surface area contributed by atoms with Crippen molar-refractivity contribution < 1.29 is 14.1 Å². The third kappa shape index (κ3) is 3.40. The molecule has 0 N–H and O–H groups in total. The lowest BCUT2D eigenvalue weighted by Crippen LogP contribution is -1.96. The van der Waals surface area contributed by atoms with E-state index in [1.165, 1.54) is 17.7 Å². The molecule has 3 rings (SSSR count). The molecule has 0 amide bonds. The number of nitro benzene ring substituents is 1. The van der Waals surface area contributed by atoms with Gasteiger partial charge in [-0.25, -0.2) is 0 Å². The Morgan fingerprint density at radius 2 is 1.83 bits per heavy atom. The standard InChI is InChI=1S/C17H15N3O4/c1-11-3-8-15(9-12(11)2)23-10-16-18-19-17(24-16)13-4-6-14(7-5-13)20(21)22/h3-9H,10H2,1-2H3. The lowest BCUT2D eigenvalue weighted by Gasteiger charge is -2.05. The van der Waals surface area contributed by atoms with Crippen LogP contribution in [0.25, 0.3) is 11.5 Å². The number of ether oxygens (including phenoxy) is 1. The fraction of sp³-hybridized carbons (Fsp3) is 0.176. The molecule has 0 radical (unpaired) electrons. The molecular weight excluding hydrogens is 310 g/mol. The van der Waals surface area contributed by atoms with Crippen molar-refractivity contribution in [2.75, 3.05) is 0 Å². The number of aromatic nitrogens is 2. The molecule has 0 saturated carbocycles. The summed E-state index contributed by atoms with van der Waals surface area (Å²) >= 11 is 0. The van der Waals surface area contributed by atoms with Crippen molar-refractivity contribution in [3.63, 3.8) is 0 Å². The molecule has 0 unspecified atom stereocenters. The fourth-order valence-electron chi connectivity index (χ4n) is 2.10. The quantitative estimate of drug-likeness (QED) is 0.523. The first-order valence-corrected chi connectivity index (χ1v) is 7.30. The van der Waals surface area contributed by atoms with E-state index in [-0.39, 0.29) is 12.3 Å². The minimum atomic E-state index is -0.458.